The van der Waals surface area contributed by atoms with Crippen LogP contribution in [0.3, 0.4) is 0 Å². The number of carbonyl (C=O) groups is 1. The number of anilines is 1. The molecule has 3 atom stereocenters. The van der Waals surface area contributed by atoms with Crippen LogP contribution in [-0.2, 0) is 0 Å². The molecular weight excluding hydrogens is 296 g/mol. The molecule has 0 spiro atoms. The van der Waals surface area contributed by atoms with Crippen LogP contribution in [0.2, 0.25) is 0 Å². The molecule has 1 aromatic rings. The number of amides is 1. The minimum absolute atomic E-state index is 0.209. The highest BCUT2D eigenvalue weighted by Gasteiger charge is 2.28. The van der Waals surface area contributed by atoms with Crippen molar-refractivity contribution in [3.05, 3.63) is 29.8 Å². The predicted octanol–water partition coefficient (Wildman–Crippen LogP) is -0.785. The molecule has 2 aliphatic heterocycles. The zero-order valence-corrected chi connectivity index (χ0v) is 13.0. The Bertz CT molecular complexity index is 531. The van der Waals surface area contributed by atoms with Gasteiger partial charge in [-0.3, -0.25) is 10.1 Å². The molecule has 3 rings (SSSR count). The van der Waals surface area contributed by atoms with E-state index in [0.717, 1.165) is 31.9 Å². The van der Waals surface area contributed by atoms with Gasteiger partial charge < -0.3 is 25.7 Å². The van der Waals surface area contributed by atoms with Crippen LogP contribution < -0.4 is 20.9 Å². The average Bonchev–Trinajstić information content (AvgIpc) is 2.58. The summed E-state index contributed by atoms with van der Waals surface area (Å²) in [6, 6.07) is 7.15. The molecule has 7 heteroatoms. The van der Waals surface area contributed by atoms with Gasteiger partial charge in [-0.25, -0.2) is 0 Å². The Morgan fingerprint density at radius 3 is 2.48 bits per heavy atom. The van der Waals surface area contributed by atoms with Gasteiger partial charge in [0.1, 0.15) is 12.5 Å². The van der Waals surface area contributed by atoms with Crippen molar-refractivity contribution in [2.75, 3.05) is 31.1 Å². The molecule has 2 heterocycles. The van der Waals surface area contributed by atoms with Crippen LogP contribution in [0.1, 0.15) is 23.2 Å². The van der Waals surface area contributed by atoms with Gasteiger partial charge in [-0.15, -0.1) is 0 Å². The summed E-state index contributed by atoms with van der Waals surface area (Å²) in [5, 5.41) is 28.0. The third-order valence-corrected chi connectivity index (χ3v) is 4.42. The largest absolute Gasteiger partial charge is 0.379 e. The summed E-state index contributed by atoms with van der Waals surface area (Å²) in [6.07, 6.45) is -0.594. The van der Waals surface area contributed by atoms with E-state index >= 15 is 0 Å². The van der Waals surface area contributed by atoms with E-state index in [2.05, 4.69) is 20.9 Å². The molecule has 0 aliphatic carbocycles. The Kier molecular flexibility index (Phi) is 5.12. The number of benzene rings is 1. The summed E-state index contributed by atoms with van der Waals surface area (Å²) in [6.45, 7) is 3.88. The maximum absolute atomic E-state index is 12.3. The second-order valence-corrected chi connectivity index (χ2v) is 6.07. The lowest BCUT2D eigenvalue weighted by Gasteiger charge is -2.32. The van der Waals surface area contributed by atoms with E-state index in [9.17, 15) is 15.0 Å². The van der Waals surface area contributed by atoms with Gasteiger partial charge in [0.25, 0.3) is 5.91 Å². The van der Waals surface area contributed by atoms with Crippen LogP contribution in [0.25, 0.3) is 0 Å². The Hall–Kier alpha value is -1.67. The van der Waals surface area contributed by atoms with Crippen molar-refractivity contribution >= 4 is 11.6 Å². The number of nitrogens with zero attached hydrogens (tertiary/aromatic N) is 1. The van der Waals surface area contributed by atoms with Gasteiger partial charge in [0.05, 0.1) is 6.04 Å². The first kappa shape index (κ1) is 16.2. The number of rotatable bonds is 3. The highest BCUT2D eigenvalue weighted by molar-refractivity contribution is 5.94. The lowest BCUT2D eigenvalue weighted by Crippen LogP contribution is -2.56. The molecule has 2 saturated heterocycles. The minimum Gasteiger partial charge on any atom is -0.379 e. The molecular formula is C16H24N4O3. The second-order valence-electron chi connectivity index (χ2n) is 6.07. The third kappa shape index (κ3) is 4.00. The molecule has 2 aliphatic rings. The maximum Gasteiger partial charge on any atom is 0.251 e. The Morgan fingerprint density at radius 1 is 1.13 bits per heavy atom. The smallest absolute Gasteiger partial charge is 0.251 e. The zero-order valence-electron chi connectivity index (χ0n) is 13.0. The van der Waals surface area contributed by atoms with Crippen LogP contribution in [0.4, 0.5) is 5.69 Å². The molecule has 1 aromatic carbocycles. The van der Waals surface area contributed by atoms with Crippen molar-refractivity contribution in [1.29, 1.82) is 0 Å². The van der Waals surface area contributed by atoms with Crippen LogP contribution in [0, 0.1) is 0 Å². The number of piperidine rings is 1. The van der Waals surface area contributed by atoms with Gasteiger partial charge in [0, 0.05) is 37.4 Å². The van der Waals surface area contributed by atoms with E-state index in [1.807, 2.05) is 24.3 Å². The Labute approximate surface area is 135 Å². The molecule has 0 bridgehead atoms. The van der Waals surface area contributed by atoms with E-state index in [4.69, 9.17) is 0 Å². The highest BCUT2D eigenvalue weighted by Crippen LogP contribution is 2.17. The summed E-state index contributed by atoms with van der Waals surface area (Å²) in [5.41, 5.74) is 1.69. The summed E-state index contributed by atoms with van der Waals surface area (Å²) >= 11 is 0. The molecule has 5 N–H and O–H groups in total. The van der Waals surface area contributed by atoms with Gasteiger partial charge >= 0.3 is 0 Å². The van der Waals surface area contributed by atoms with Gasteiger partial charge in [-0.05, 0) is 37.1 Å². The summed E-state index contributed by atoms with van der Waals surface area (Å²) < 4.78 is 0. The van der Waals surface area contributed by atoms with Crippen LogP contribution >= 0.6 is 0 Å². The molecule has 1 amide bonds. The number of hydrogen-bond donors (Lipinski definition) is 5. The molecule has 2 fully saturated rings. The minimum atomic E-state index is -0.928. The van der Waals surface area contributed by atoms with Gasteiger partial charge in [-0.1, -0.05) is 0 Å². The Balaban J connectivity index is 1.59. The van der Waals surface area contributed by atoms with E-state index in [-0.39, 0.29) is 5.91 Å². The monoisotopic (exact) mass is 320 g/mol. The predicted molar refractivity (Wildman–Crippen MR) is 87.2 cm³/mol. The number of piperazine rings is 1. The van der Waals surface area contributed by atoms with E-state index in [1.165, 1.54) is 0 Å². The maximum atomic E-state index is 12.3. The molecule has 126 valence electrons. The van der Waals surface area contributed by atoms with Crippen molar-refractivity contribution in [2.45, 2.75) is 31.3 Å². The summed E-state index contributed by atoms with van der Waals surface area (Å²) in [5.74, 6) is -0.209. The molecule has 0 radical (unpaired) electrons. The van der Waals surface area contributed by atoms with Crippen molar-refractivity contribution in [3.63, 3.8) is 0 Å². The fourth-order valence-corrected chi connectivity index (χ4v) is 3.04. The topological polar surface area (TPSA) is 96.9 Å². The van der Waals surface area contributed by atoms with Gasteiger partial charge in [0.15, 0.2) is 0 Å². The first-order chi connectivity index (χ1) is 11.1. The average molecular weight is 320 g/mol. The second kappa shape index (κ2) is 7.27. The third-order valence-electron chi connectivity index (χ3n) is 4.42. The zero-order chi connectivity index (χ0) is 16.2. The van der Waals surface area contributed by atoms with Crippen molar-refractivity contribution in [1.82, 2.24) is 16.0 Å². The lowest BCUT2D eigenvalue weighted by molar-refractivity contribution is -0.0161. The first-order valence-corrected chi connectivity index (χ1v) is 8.12. The highest BCUT2D eigenvalue weighted by atomic mass is 16.3. The van der Waals surface area contributed by atoms with Gasteiger partial charge in [0.2, 0.25) is 0 Å². The number of hydrogen-bond acceptors (Lipinski definition) is 6. The summed E-state index contributed by atoms with van der Waals surface area (Å²) in [4.78, 5) is 14.6. The SMILES string of the molecule is O=C(NC1CCC(O)NC1O)c1ccc(N2CCNCC2)cc1. The van der Waals surface area contributed by atoms with Crippen LogP contribution in [-0.4, -0.2) is 60.8 Å². The number of carbonyl (C=O) groups excluding carboxylic acids is 1. The van der Waals surface area contributed by atoms with Crippen LogP contribution in [0.5, 0.6) is 0 Å². The number of aliphatic hydroxyl groups excluding tert-OH is 2. The molecule has 23 heavy (non-hydrogen) atoms. The lowest BCUT2D eigenvalue weighted by atomic mass is 10.0. The normalized spacial score (nSPS) is 28.4. The molecule has 7 nitrogen and oxygen atoms in total. The first-order valence-electron chi connectivity index (χ1n) is 8.12. The molecule has 0 aromatic heterocycles. The van der Waals surface area contributed by atoms with Gasteiger partial charge in [-0.2, -0.15) is 0 Å². The molecule has 3 unspecified atom stereocenters. The van der Waals surface area contributed by atoms with Crippen molar-refractivity contribution < 1.29 is 15.0 Å². The van der Waals surface area contributed by atoms with Crippen molar-refractivity contribution in [3.8, 4) is 0 Å². The number of aliphatic hydroxyl groups is 2. The van der Waals surface area contributed by atoms with E-state index in [0.29, 0.717) is 18.4 Å². The Morgan fingerprint density at radius 2 is 1.83 bits per heavy atom. The van der Waals surface area contributed by atoms with Crippen molar-refractivity contribution in [2.24, 2.45) is 0 Å². The standard InChI is InChI=1S/C16H24N4O3/c21-14-6-5-13(16(23)19-14)18-15(22)11-1-3-12(4-2-11)20-9-7-17-8-10-20/h1-4,13-14,16-17,19,21,23H,5-10H2,(H,18,22). The fourth-order valence-electron chi connectivity index (χ4n) is 3.04. The van der Waals surface area contributed by atoms with Crippen LogP contribution in [0.15, 0.2) is 24.3 Å². The summed E-state index contributed by atoms with van der Waals surface area (Å²) in [7, 11) is 0. The number of nitrogens with one attached hydrogen (secondary N) is 3. The van der Waals surface area contributed by atoms with E-state index < -0.39 is 18.5 Å². The molecule has 0 saturated carbocycles. The van der Waals surface area contributed by atoms with E-state index in [1.54, 1.807) is 0 Å². The quantitative estimate of drug-likeness (QED) is 0.501. The fraction of sp³-hybridized carbons (Fsp3) is 0.562.